The lowest BCUT2D eigenvalue weighted by molar-refractivity contribution is 0.128. The standard InChI is InChI=1S/C21H39N5S/c1-6-22-21(23-12-14-26(7-2)17(3)4)24-16-18-10-8-13-25(5)20(18)19-11-9-15-27-19/h9,11,15,17-18,20H,6-8,10,12-14,16H2,1-5H3,(H2,22,23,24). The molecule has 5 nitrogen and oxygen atoms in total. The number of rotatable bonds is 9. The van der Waals surface area contributed by atoms with Gasteiger partial charge in [-0.15, -0.1) is 11.3 Å². The average molecular weight is 394 g/mol. The van der Waals surface area contributed by atoms with Crippen LogP contribution in [-0.2, 0) is 0 Å². The first-order chi connectivity index (χ1) is 13.1. The Labute approximate surface area is 170 Å². The smallest absolute Gasteiger partial charge is 0.191 e. The van der Waals surface area contributed by atoms with Crippen molar-refractivity contribution in [3.05, 3.63) is 22.4 Å². The molecule has 154 valence electrons. The van der Waals surface area contributed by atoms with Crippen LogP contribution < -0.4 is 10.6 Å². The molecule has 0 spiro atoms. The van der Waals surface area contributed by atoms with Crippen molar-refractivity contribution in [3.63, 3.8) is 0 Å². The highest BCUT2D eigenvalue weighted by atomic mass is 32.1. The van der Waals surface area contributed by atoms with E-state index >= 15 is 0 Å². The summed E-state index contributed by atoms with van der Waals surface area (Å²) in [5.74, 6) is 1.54. The summed E-state index contributed by atoms with van der Waals surface area (Å²) >= 11 is 1.88. The number of thiophene rings is 1. The number of piperidine rings is 1. The van der Waals surface area contributed by atoms with Crippen LogP contribution in [0.4, 0.5) is 0 Å². The zero-order valence-corrected chi connectivity index (χ0v) is 18.7. The molecule has 0 saturated carbocycles. The summed E-state index contributed by atoms with van der Waals surface area (Å²) < 4.78 is 0. The molecule has 2 N–H and O–H groups in total. The monoisotopic (exact) mass is 393 g/mol. The zero-order valence-electron chi connectivity index (χ0n) is 17.9. The van der Waals surface area contributed by atoms with Gasteiger partial charge in [0.15, 0.2) is 5.96 Å². The van der Waals surface area contributed by atoms with Crippen LogP contribution in [0.5, 0.6) is 0 Å². The van der Waals surface area contributed by atoms with Crippen LogP contribution in [0.2, 0.25) is 0 Å². The van der Waals surface area contributed by atoms with Crippen LogP contribution in [0.3, 0.4) is 0 Å². The summed E-state index contributed by atoms with van der Waals surface area (Å²) in [6.07, 6.45) is 2.52. The van der Waals surface area contributed by atoms with Crippen molar-refractivity contribution < 1.29 is 0 Å². The Kier molecular flexibility index (Phi) is 9.59. The minimum absolute atomic E-state index is 0.502. The molecule has 1 aromatic heterocycles. The summed E-state index contributed by atoms with van der Waals surface area (Å²) in [5, 5.41) is 9.13. The van der Waals surface area contributed by atoms with Gasteiger partial charge in [-0.2, -0.15) is 0 Å². The van der Waals surface area contributed by atoms with Gasteiger partial charge in [0.2, 0.25) is 0 Å². The van der Waals surface area contributed by atoms with E-state index in [0.29, 0.717) is 18.0 Å². The van der Waals surface area contributed by atoms with Crippen LogP contribution in [0.15, 0.2) is 22.5 Å². The molecule has 0 bridgehead atoms. The zero-order chi connectivity index (χ0) is 19.6. The average Bonchev–Trinajstić information content (AvgIpc) is 3.17. The minimum atomic E-state index is 0.502. The molecule has 2 rings (SSSR count). The quantitative estimate of drug-likeness (QED) is 0.498. The SMILES string of the molecule is CCNC(=NCC1CCCN(C)C1c1cccs1)NCCN(CC)C(C)C. The highest BCUT2D eigenvalue weighted by Crippen LogP contribution is 2.37. The number of hydrogen-bond acceptors (Lipinski definition) is 4. The molecule has 1 aliphatic heterocycles. The predicted octanol–water partition coefficient (Wildman–Crippen LogP) is 3.42. The first kappa shape index (κ1) is 22.2. The van der Waals surface area contributed by atoms with Gasteiger partial charge in [0.1, 0.15) is 0 Å². The van der Waals surface area contributed by atoms with Crippen molar-refractivity contribution in [3.8, 4) is 0 Å². The molecule has 1 aliphatic rings. The summed E-state index contributed by atoms with van der Waals surface area (Å²) in [6, 6.07) is 5.54. The van der Waals surface area contributed by atoms with E-state index in [1.54, 1.807) is 0 Å². The Bertz CT molecular complexity index is 543. The van der Waals surface area contributed by atoms with E-state index in [9.17, 15) is 0 Å². The molecule has 1 fully saturated rings. The Morgan fingerprint density at radius 1 is 1.37 bits per heavy atom. The molecular formula is C21H39N5S. The van der Waals surface area contributed by atoms with Gasteiger partial charge in [0.05, 0.1) is 0 Å². The summed E-state index contributed by atoms with van der Waals surface area (Å²) in [6.45, 7) is 14.9. The fraction of sp³-hybridized carbons (Fsp3) is 0.762. The molecule has 1 saturated heterocycles. The van der Waals surface area contributed by atoms with Gasteiger partial charge in [-0.1, -0.05) is 13.0 Å². The Hall–Kier alpha value is -1.11. The largest absolute Gasteiger partial charge is 0.357 e. The molecular weight excluding hydrogens is 354 g/mol. The third-order valence-corrected chi connectivity index (χ3v) is 6.44. The van der Waals surface area contributed by atoms with Crippen LogP contribution >= 0.6 is 11.3 Å². The van der Waals surface area contributed by atoms with E-state index in [1.807, 2.05) is 11.3 Å². The van der Waals surface area contributed by atoms with E-state index in [4.69, 9.17) is 4.99 Å². The Morgan fingerprint density at radius 3 is 2.81 bits per heavy atom. The molecule has 2 atom stereocenters. The molecule has 0 aromatic carbocycles. The van der Waals surface area contributed by atoms with Crippen molar-refractivity contribution in [2.75, 3.05) is 46.3 Å². The number of hydrogen-bond donors (Lipinski definition) is 2. The molecule has 0 aliphatic carbocycles. The molecule has 0 amide bonds. The van der Waals surface area contributed by atoms with E-state index in [1.165, 1.54) is 24.3 Å². The second kappa shape index (κ2) is 11.7. The van der Waals surface area contributed by atoms with Crippen molar-refractivity contribution in [2.24, 2.45) is 10.9 Å². The maximum absolute atomic E-state index is 4.95. The Morgan fingerprint density at radius 2 is 2.19 bits per heavy atom. The number of aliphatic imine (C=N–C) groups is 1. The van der Waals surface area contributed by atoms with Gasteiger partial charge < -0.3 is 10.6 Å². The second-order valence-corrected chi connectivity index (χ2v) is 8.69. The number of guanidine groups is 1. The van der Waals surface area contributed by atoms with E-state index in [-0.39, 0.29) is 0 Å². The topological polar surface area (TPSA) is 42.9 Å². The van der Waals surface area contributed by atoms with Crippen molar-refractivity contribution >= 4 is 17.3 Å². The number of likely N-dealkylation sites (N-methyl/N-ethyl adjacent to an activating group) is 1. The van der Waals surface area contributed by atoms with Gasteiger partial charge >= 0.3 is 0 Å². The van der Waals surface area contributed by atoms with E-state index in [0.717, 1.165) is 38.7 Å². The summed E-state index contributed by atoms with van der Waals surface area (Å²) in [5.41, 5.74) is 0. The highest BCUT2D eigenvalue weighted by Gasteiger charge is 2.31. The van der Waals surface area contributed by atoms with Crippen LogP contribution in [0.25, 0.3) is 0 Å². The van der Waals surface area contributed by atoms with Crippen LogP contribution in [0.1, 0.15) is 51.5 Å². The predicted molar refractivity (Wildman–Crippen MR) is 119 cm³/mol. The molecule has 1 aromatic rings. The second-order valence-electron chi connectivity index (χ2n) is 7.71. The van der Waals surface area contributed by atoms with Crippen LogP contribution in [-0.4, -0.2) is 68.1 Å². The fourth-order valence-electron chi connectivity index (χ4n) is 4.01. The number of nitrogens with zero attached hydrogens (tertiary/aromatic N) is 3. The van der Waals surface area contributed by atoms with Gasteiger partial charge in [-0.3, -0.25) is 14.8 Å². The normalized spacial score (nSPS) is 21.8. The molecule has 27 heavy (non-hydrogen) atoms. The molecule has 6 heteroatoms. The maximum Gasteiger partial charge on any atom is 0.191 e. The van der Waals surface area contributed by atoms with Gasteiger partial charge in [0, 0.05) is 43.1 Å². The Balaban J connectivity index is 1.95. The number of likely N-dealkylation sites (tertiary alicyclic amines) is 1. The third kappa shape index (κ3) is 6.77. The highest BCUT2D eigenvalue weighted by molar-refractivity contribution is 7.10. The minimum Gasteiger partial charge on any atom is -0.357 e. The lowest BCUT2D eigenvalue weighted by atomic mass is 9.88. The van der Waals surface area contributed by atoms with Crippen molar-refractivity contribution in [1.82, 2.24) is 20.4 Å². The van der Waals surface area contributed by atoms with Gasteiger partial charge in [-0.05, 0) is 71.1 Å². The van der Waals surface area contributed by atoms with E-state index < -0.39 is 0 Å². The molecule has 0 radical (unpaired) electrons. The molecule has 2 heterocycles. The number of nitrogens with one attached hydrogen (secondary N) is 2. The lowest BCUT2D eigenvalue weighted by Crippen LogP contribution is -2.43. The summed E-state index contributed by atoms with van der Waals surface area (Å²) in [4.78, 5) is 11.4. The maximum atomic E-state index is 4.95. The lowest BCUT2D eigenvalue weighted by Gasteiger charge is -2.38. The van der Waals surface area contributed by atoms with Crippen molar-refractivity contribution in [1.29, 1.82) is 0 Å². The van der Waals surface area contributed by atoms with Gasteiger partial charge in [0.25, 0.3) is 0 Å². The van der Waals surface area contributed by atoms with E-state index in [2.05, 4.69) is 72.7 Å². The fourth-order valence-corrected chi connectivity index (χ4v) is 4.99. The first-order valence-electron chi connectivity index (χ1n) is 10.6. The molecule has 2 unspecified atom stereocenters. The third-order valence-electron chi connectivity index (χ3n) is 5.50. The van der Waals surface area contributed by atoms with Crippen LogP contribution in [0, 0.1) is 5.92 Å². The first-order valence-corrected chi connectivity index (χ1v) is 11.4. The van der Waals surface area contributed by atoms with Crippen molar-refractivity contribution in [2.45, 2.75) is 52.6 Å². The summed E-state index contributed by atoms with van der Waals surface area (Å²) in [7, 11) is 2.26. The van der Waals surface area contributed by atoms with Gasteiger partial charge in [-0.25, -0.2) is 0 Å².